The van der Waals surface area contributed by atoms with Crippen molar-refractivity contribution in [2.75, 3.05) is 0 Å². The molecule has 0 aliphatic rings. The molecule has 0 unspecified atom stereocenters. The molecule has 2 aromatic rings. The van der Waals surface area contributed by atoms with E-state index in [0.29, 0.717) is 11.4 Å². The third kappa shape index (κ3) is 1.75. The number of benzene rings is 1. The number of rotatable bonds is 2. The molecule has 0 saturated heterocycles. The first-order valence-electron chi connectivity index (χ1n) is 4.68. The fourth-order valence-electron chi connectivity index (χ4n) is 1.48. The highest BCUT2D eigenvalue weighted by Gasteiger charge is 2.03. The number of hydrogen-bond donors (Lipinski definition) is 1. The summed E-state index contributed by atoms with van der Waals surface area (Å²) in [6.07, 6.45) is 0. The highest BCUT2D eigenvalue weighted by Crippen LogP contribution is 2.07. The van der Waals surface area contributed by atoms with Crippen LogP contribution in [0, 0.1) is 6.92 Å². The van der Waals surface area contributed by atoms with Crippen molar-refractivity contribution in [3.8, 4) is 5.69 Å². The zero-order valence-electron chi connectivity index (χ0n) is 8.56. The molecular weight excluding hydrogens is 208 g/mol. The summed E-state index contributed by atoms with van der Waals surface area (Å²) in [5, 5.41) is 13.5. The summed E-state index contributed by atoms with van der Waals surface area (Å²) in [5.41, 5.74) is 0.994. The molecule has 2 rings (SSSR count). The Morgan fingerprint density at radius 3 is 2.69 bits per heavy atom. The molecular formula is C11H9N2O3-. The van der Waals surface area contributed by atoms with Crippen LogP contribution in [0.5, 0.6) is 0 Å². The maximum atomic E-state index is 11.5. The van der Waals surface area contributed by atoms with Crippen molar-refractivity contribution in [3.63, 3.8) is 0 Å². The number of aromatic nitrogens is 2. The highest BCUT2D eigenvalue weighted by atomic mass is 16.4. The summed E-state index contributed by atoms with van der Waals surface area (Å²) in [6.45, 7) is 1.75. The fraction of sp³-hybridized carbons (Fsp3) is 0.0909. The Kier molecular flexibility index (Phi) is 2.36. The van der Waals surface area contributed by atoms with Crippen LogP contribution in [0.3, 0.4) is 0 Å². The highest BCUT2D eigenvalue weighted by molar-refractivity contribution is 5.86. The number of carbonyl (C=O) groups is 1. The number of aryl methyl sites for hydroxylation is 1. The summed E-state index contributed by atoms with van der Waals surface area (Å²) >= 11 is 0. The molecule has 0 saturated carbocycles. The van der Waals surface area contributed by atoms with Crippen molar-refractivity contribution in [1.29, 1.82) is 0 Å². The van der Waals surface area contributed by atoms with Gasteiger partial charge in [-0.3, -0.25) is 9.89 Å². The van der Waals surface area contributed by atoms with Crippen molar-refractivity contribution in [3.05, 3.63) is 51.9 Å². The van der Waals surface area contributed by atoms with Gasteiger partial charge >= 0.3 is 0 Å². The Hall–Kier alpha value is -2.30. The molecule has 0 radical (unpaired) electrons. The second-order valence-electron chi connectivity index (χ2n) is 3.45. The molecule has 16 heavy (non-hydrogen) atoms. The van der Waals surface area contributed by atoms with Crippen LogP contribution in [0.1, 0.15) is 16.1 Å². The van der Waals surface area contributed by atoms with Crippen LogP contribution in [0.15, 0.2) is 35.1 Å². The largest absolute Gasteiger partial charge is 0.545 e. The zero-order valence-corrected chi connectivity index (χ0v) is 8.56. The summed E-state index contributed by atoms with van der Waals surface area (Å²) in [7, 11) is 0. The van der Waals surface area contributed by atoms with E-state index in [1.54, 1.807) is 19.1 Å². The van der Waals surface area contributed by atoms with Crippen LogP contribution in [0.25, 0.3) is 5.69 Å². The average Bonchev–Trinajstić information content (AvgIpc) is 2.58. The number of carboxylic acid groups (broad SMARTS) is 1. The molecule has 1 N–H and O–H groups in total. The van der Waals surface area contributed by atoms with Gasteiger partial charge in [-0.1, -0.05) is 12.1 Å². The lowest BCUT2D eigenvalue weighted by Crippen LogP contribution is -2.23. The van der Waals surface area contributed by atoms with Crippen molar-refractivity contribution in [2.45, 2.75) is 6.92 Å². The molecule has 5 nitrogen and oxygen atoms in total. The van der Waals surface area contributed by atoms with Crippen LogP contribution in [-0.4, -0.2) is 15.7 Å². The molecule has 0 spiro atoms. The number of nitrogens with one attached hydrogen (secondary N) is 1. The molecule has 0 fully saturated rings. The van der Waals surface area contributed by atoms with Crippen LogP contribution in [0.2, 0.25) is 0 Å². The van der Waals surface area contributed by atoms with Gasteiger partial charge in [0.25, 0.3) is 5.56 Å². The van der Waals surface area contributed by atoms with Crippen molar-refractivity contribution < 1.29 is 9.90 Å². The summed E-state index contributed by atoms with van der Waals surface area (Å²) in [6, 6.07) is 7.44. The van der Waals surface area contributed by atoms with E-state index >= 15 is 0 Å². The first kappa shape index (κ1) is 10.2. The Labute approximate surface area is 90.9 Å². The van der Waals surface area contributed by atoms with Gasteiger partial charge in [-0.2, -0.15) is 0 Å². The number of aromatic amines is 1. The maximum Gasteiger partial charge on any atom is 0.271 e. The first-order chi connectivity index (χ1) is 7.58. The molecule has 1 aromatic heterocycles. The van der Waals surface area contributed by atoms with Gasteiger partial charge in [0.2, 0.25) is 0 Å². The van der Waals surface area contributed by atoms with Crippen LogP contribution in [0.4, 0.5) is 0 Å². The topological polar surface area (TPSA) is 77.9 Å². The number of carboxylic acids is 1. The third-order valence-electron chi connectivity index (χ3n) is 2.19. The number of hydrogen-bond acceptors (Lipinski definition) is 3. The second-order valence-corrected chi connectivity index (χ2v) is 3.45. The van der Waals surface area contributed by atoms with Gasteiger partial charge in [0.15, 0.2) is 0 Å². The maximum absolute atomic E-state index is 11.5. The molecule has 82 valence electrons. The molecule has 1 heterocycles. The molecule has 0 amide bonds. The van der Waals surface area contributed by atoms with Gasteiger partial charge in [-0.15, -0.1) is 0 Å². The van der Waals surface area contributed by atoms with E-state index in [1.165, 1.54) is 22.9 Å². The van der Waals surface area contributed by atoms with Crippen LogP contribution < -0.4 is 10.7 Å². The lowest BCUT2D eigenvalue weighted by molar-refractivity contribution is -0.255. The van der Waals surface area contributed by atoms with Gasteiger partial charge in [0.05, 0.1) is 11.7 Å². The molecule has 1 aromatic carbocycles. The van der Waals surface area contributed by atoms with Crippen molar-refractivity contribution >= 4 is 5.97 Å². The normalized spacial score (nSPS) is 10.3. The van der Waals surface area contributed by atoms with Gasteiger partial charge in [0, 0.05) is 11.8 Å². The van der Waals surface area contributed by atoms with E-state index in [0.717, 1.165) is 0 Å². The molecule has 5 heteroatoms. The predicted molar refractivity (Wildman–Crippen MR) is 55.5 cm³/mol. The predicted octanol–water partition coefficient (Wildman–Crippen LogP) is -0.162. The van der Waals surface area contributed by atoms with E-state index in [4.69, 9.17) is 0 Å². The van der Waals surface area contributed by atoms with Crippen molar-refractivity contribution in [2.24, 2.45) is 0 Å². The fourth-order valence-corrected chi connectivity index (χ4v) is 1.48. The Balaban J connectivity index is 2.56. The standard InChI is InChI=1S/C11H10N2O3/c1-7-5-10(14)13(12-7)9-4-2-3-8(6-9)11(15)16/h2-6,12H,1H3,(H,15,16)/p-1. The number of H-pyrrole nitrogens is 1. The summed E-state index contributed by atoms with van der Waals surface area (Å²) in [5.74, 6) is -1.27. The van der Waals surface area contributed by atoms with Crippen LogP contribution in [-0.2, 0) is 0 Å². The molecule has 0 aliphatic heterocycles. The Morgan fingerprint density at radius 1 is 1.38 bits per heavy atom. The smallest absolute Gasteiger partial charge is 0.271 e. The minimum atomic E-state index is -1.27. The molecule has 0 atom stereocenters. The quantitative estimate of drug-likeness (QED) is 0.759. The van der Waals surface area contributed by atoms with E-state index in [2.05, 4.69) is 5.10 Å². The van der Waals surface area contributed by atoms with E-state index in [9.17, 15) is 14.7 Å². The Bertz CT molecular complexity index is 595. The van der Waals surface area contributed by atoms with Gasteiger partial charge < -0.3 is 9.90 Å². The monoisotopic (exact) mass is 217 g/mol. The number of carbonyl (C=O) groups excluding carboxylic acids is 1. The molecule has 0 bridgehead atoms. The number of nitrogens with zero attached hydrogens (tertiary/aromatic N) is 1. The average molecular weight is 217 g/mol. The molecule has 0 aliphatic carbocycles. The SMILES string of the molecule is Cc1cc(=O)n(-c2cccc(C(=O)[O-])c2)[nH]1. The van der Waals surface area contributed by atoms with E-state index < -0.39 is 5.97 Å². The zero-order chi connectivity index (χ0) is 11.7. The Morgan fingerprint density at radius 2 is 2.12 bits per heavy atom. The first-order valence-corrected chi connectivity index (χ1v) is 4.68. The lowest BCUT2D eigenvalue weighted by Gasteiger charge is -2.05. The minimum absolute atomic E-state index is 0.0386. The minimum Gasteiger partial charge on any atom is -0.545 e. The van der Waals surface area contributed by atoms with E-state index in [1.807, 2.05) is 0 Å². The van der Waals surface area contributed by atoms with Gasteiger partial charge in [-0.25, -0.2) is 4.68 Å². The summed E-state index contributed by atoms with van der Waals surface area (Å²) < 4.78 is 1.28. The third-order valence-corrected chi connectivity index (χ3v) is 2.19. The lowest BCUT2D eigenvalue weighted by atomic mass is 10.2. The van der Waals surface area contributed by atoms with Crippen LogP contribution >= 0.6 is 0 Å². The summed E-state index contributed by atoms with van der Waals surface area (Å²) in [4.78, 5) is 22.2. The van der Waals surface area contributed by atoms with Gasteiger partial charge in [-0.05, 0) is 24.6 Å². The van der Waals surface area contributed by atoms with Gasteiger partial charge in [0.1, 0.15) is 0 Å². The van der Waals surface area contributed by atoms with Crippen molar-refractivity contribution in [1.82, 2.24) is 9.78 Å². The number of aromatic carboxylic acids is 1. The van der Waals surface area contributed by atoms with E-state index in [-0.39, 0.29) is 11.1 Å². The second kappa shape index (κ2) is 3.69.